The smallest absolute Gasteiger partial charge is 0.287 e. The van der Waals surface area contributed by atoms with E-state index in [0.717, 1.165) is 18.9 Å². The molecule has 1 aliphatic heterocycles. The van der Waals surface area contributed by atoms with Crippen LogP contribution < -0.4 is 4.90 Å². The Kier molecular flexibility index (Phi) is 3.34. The summed E-state index contributed by atoms with van der Waals surface area (Å²) >= 11 is 0. The Balaban J connectivity index is 2.10. The molecule has 2 heterocycles. The van der Waals surface area contributed by atoms with Crippen LogP contribution in [0.5, 0.6) is 0 Å². The lowest BCUT2D eigenvalue weighted by Gasteiger charge is -2.20. The predicted octanol–water partition coefficient (Wildman–Crippen LogP) is 2.37. The first-order chi connectivity index (χ1) is 7.77. The third-order valence-electron chi connectivity index (χ3n) is 2.87. The van der Waals surface area contributed by atoms with Crippen LogP contribution in [0.4, 0.5) is 11.5 Å². The first-order valence-electron chi connectivity index (χ1n) is 5.63. The molecule has 0 aromatic carbocycles. The molecule has 5 nitrogen and oxygen atoms in total. The molecule has 0 spiro atoms. The van der Waals surface area contributed by atoms with Gasteiger partial charge in [0.2, 0.25) is 0 Å². The minimum atomic E-state index is -0.417. The van der Waals surface area contributed by atoms with Crippen LogP contribution in [0.2, 0.25) is 0 Å². The molecule has 2 rings (SSSR count). The van der Waals surface area contributed by atoms with Gasteiger partial charge in [0.1, 0.15) is 12.0 Å². The van der Waals surface area contributed by atoms with E-state index in [1.807, 2.05) is 0 Å². The van der Waals surface area contributed by atoms with Crippen molar-refractivity contribution in [3.8, 4) is 0 Å². The van der Waals surface area contributed by atoms with Crippen LogP contribution in [-0.4, -0.2) is 23.0 Å². The summed E-state index contributed by atoms with van der Waals surface area (Å²) in [4.78, 5) is 16.4. The van der Waals surface area contributed by atoms with E-state index in [4.69, 9.17) is 0 Å². The fraction of sp³-hybridized carbons (Fsp3) is 0.545. The van der Waals surface area contributed by atoms with Gasteiger partial charge in [0.05, 0.1) is 4.92 Å². The van der Waals surface area contributed by atoms with Crippen molar-refractivity contribution in [3.63, 3.8) is 0 Å². The largest absolute Gasteiger partial charge is 0.357 e. The quantitative estimate of drug-likeness (QED) is 0.568. The summed E-state index contributed by atoms with van der Waals surface area (Å²) in [6.45, 7) is 2.01. The van der Waals surface area contributed by atoms with Gasteiger partial charge in [-0.1, -0.05) is 12.8 Å². The summed E-state index contributed by atoms with van der Waals surface area (Å²) in [6.07, 6.45) is 6.23. The number of nitro groups is 1. The van der Waals surface area contributed by atoms with E-state index in [1.165, 1.54) is 37.9 Å². The number of aromatic nitrogens is 1. The highest BCUT2D eigenvalue weighted by Gasteiger charge is 2.12. The maximum Gasteiger partial charge on any atom is 0.287 e. The molecule has 0 N–H and O–H groups in total. The number of rotatable bonds is 2. The molecule has 1 aromatic rings. The lowest BCUT2D eigenvalue weighted by Crippen LogP contribution is -2.24. The van der Waals surface area contributed by atoms with Crippen LogP contribution in [-0.2, 0) is 0 Å². The standard InChI is InChI=1S/C11H15N3O2/c15-14(16)10-5-6-11(12-9-10)13-7-3-1-2-4-8-13/h5-6,9H,1-4,7-8H2. The summed E-state index contributed by atoms with van der Waals surface area (Å²) in [5, 5.41) is 10.5. The maximum absolute atomic E-state index is 10.5. The lowest BCUT2D eigenvalue weighted by molar-refractivity contribution is -0.385. The molecule has 1 fully saturated rings. The number of hydrogen-bond donors (Lipinski definition) is 0. The second-order valence-electron chi connectivity index (χ2n) is 4.03. The SMILES string of the molecule is O=[N+]([O-])c1ccc(N2CCCCCC2)nc1. The van der Waals surface area contributed by atoms with Gasteiger partial charge in [-0.2, -0.15) is 0 Å². The van der Waals surface area contributed by atoms with Crippen LogP contribution in [0.15, 0.2) is 18.3 Å². The van der Waals surface area contributed by atoms with E-state index in [9.17, 15) is 10.1 Å². The topological polar surface area (TPSA) is 59.3 Å². The first-order valence-corrected chi connectivity index (χ1v) is 5.63. The highest BCUT2D eigenvalue weighted by molar-refractivity contribution is 5.42. The van der Waals surface area contributed by atoms with E-state index in [0.29, 0.717) is 0 Å². The summed E-state index contributed by atoms with van der Waals surface area (Å²) in [5.41, 5.74) is 0.0542. The van der Waals surface area contributed by atoms with Crippen molar-refractivity contribution >= 4 is 11.5 Å². The molecular weight excluding hydrogens is 206 g/mol. The van der Waals surface area contributed by atoms with Crippen LogP contribution in [0.1, 0.15) is 25.7 Å². The fourth-order valence-electron chi connectivity index (χ4n) is 1.97. The van der Waals surface area contributed by atoms with Crippen LogP contribution >= 0.6 is 0 Å². The van der Waals surface area contributed by atoms with Gasteiger partial charge in [0.25, 0.3) is 5.69 Å². The molecule has 0 atom stereocenters. The Bertz CT molecular complexity index is 356. The highest BCUT2D eigenvalue weighted by atomic mass is 16.6. The van der Waals surface area contributed by atoms with Gasteiger partial charge in [-0.15, -0.1) is 0 Å². The molecule has 0 bridgehead atoms. The average Bonchev–Trinajstić information content (AvgIpc) is 2.57. The summed E-state index contributed by atoms with van der Waals surface area (Å²) in [7, 11) is 0. The zero-order chi connectivity index (χ0) is 11.4. The van der Waals surface area contributed by atoms with Crippen LogP contribution in [0.3, 0.4) is 0 Å². The molecule has 0 aliphatic carbocycles. The molecule has 5 heteroatoms. The molecule has 16 heavy (non-hydrogen) atoms. The van der Waals surface area contributed by atoms with Gasteiger partial charge in [-0.25, -0.2) is 4.98 Å². The van der Waals surface area contributed by atoms with Crippen molar-refractivity contribution in [2.75, 3.05) is 18.0 Å². The zero-order valence-electron chi connectivity index (χ0n) is 9.13. The number of nitrogens with zero attached hydrogens (tertiary/aromatic N) is 3. The summed E-state index contributed by atoms with van der Waals surface area (Å²) < 4.78 is 0. The first kappa shape index (κ1) is 10.9. The molecule has 1 aliphatic rings. The van der Waals surface area contributed by atoms with Crippen molar-refractivity contribution in [2.45, 2.75) is 25.7 Å². The minimum absolute atomic E-state index is 0.0542. The number of pyridine rings is 1. The molecule has 0 amide bonds. The summed E-state index contributed by atoms with van der Waals surface area (Å²) in [5.74, 6) is 0.854. The van der Waals surface area contributed by atoms with E-state index in [1.54, 1.807) is 6.07 Å². The molecular formula is C11H15N3O2. The molecule has 0 unspecified atom stereocenters. The lowest BCUT2D eigenvalue weighted by atomic mass is 10.2. The molecule has 0 radical (unpaired) electrons. The van der Waals surface area contributed by atoms with Gasteiger partial charge >= 0.3 is 0 Å². The maximum atomic E-state index is 10.5. The Morgan fingerprint density at radius 2 is 1.88 bits per heavy atom. The van der Waals surface area contributed by atoms with E-state index in [-0.39, 0.29) is 5.69 Å². The normalized spacial score (nSPS) is 16.9. The van der Waals surface area contributed by atoms with E-state index >= 15 is 0 Å². The summed E-state index contributed by atoms with van der Waals surface area (Å²) in [6, 6.07) is 3.26. The van der Waals surface area contributed by atoms with Gasteiger partial charge in [-0.05, 0) is 18.9 Å². The number of anilines is 1. The number of hydrogen-bond acceptors (Lipinski definition) is 4. The second kappa shape index (κ2) is 4.92. The Hall–Kier alpha value is -1.65. The van der Waals surface area contributed by atoms with Crippen molar-refractivity contribution in [2.24, 2.45) is 0 Å². The zero-order valence-corrected chi connectivity index (χ0v) is 9.13. The molecule has 1 aromatic heterocycles. The Morgan fingerprint density at radius 3 is 2.38 bits per heavy atom. The predicted molar refractivity (Wildman–Crippen MR) is 61.6 cm³/mol. The highest BCUT2D eigenvalue weighted by Crippen LogP contribution is 2.19. The monoisotopic (exact) mass is 221 g/mol. The van der Waals surface area contributed by atoms with E-state index in [2.05, 4.69) is 9.88 Å². The third-order valence-corrected chi connectivity index (χ3v) is 2.87. The second-order valence-corrected chi connectivity index (χ2v) is 4.03. The molecule has 1 saturated heterocycles. The van der Waals surface area contributed by atoms with E-state index < -0.39 is 4.92 Å². The van der Waals surface area contributed by atoms with Crippen LogP contribution in [0, 0.1) is 10.1 Å². The minimum Gasteiger partial charge on any atom is -0.357 e. The van der Waals surface area contributed by atoms with Crippen molar-refractivity contribution < 1.29 is 4.92 Å². The fourth-order valence-corrected chi connectivity index (χ4v) is 1.97. The van der Waals surface area contributed by atoms with Crippen LogP contribution in [0.25, 0.3) is 0 Å². The van der Waals surface area contributed by atoms with Gasteiger partial charge in [0.15, 0.2) is 0 Å². The van der Waals surface area contributed by atoms with Gasteiger partial charge in [-0.3, -0.25) is 10.1 Å². The van der Waals surface area contributed by atoms with Gasteiger partial charge in [0, 0.05) is 19.2 Å². The third kappa shape index (κ3) is 2.48. The van der Waals surface area contributed by atoms with Crippen molar-refractivity contribution in [1.82, 2.24) is 4.98 Å². The Labute approximate surface area is 94.2 Å². The molecule has 0 saturated carbocycles. The average molecular weight is 221 g/mol. The Morgan fingerprint density at radius 1 is 1.19 bits per heavy atom. The molecule has 86 valence electrons. The van der Waals surface area contributed by atoms with Gasteiger partial charge < -0.3 is 4.90 Å². The van der Waals surface area contributed by atoms with Crippen molar-refractivity contribution in [3.05, 3.63) is 28.4 Å². The van der Waals surface area contributed by atoms with Crippen molar-refractivity contribution in [1.29, 1.82) is 0 Å².